The van der Waals surface area contributed by atoms with Crippen molar-refractivity contribution in [3.63, 3.8) is 0 Å². The van der Waals surface area contributed by atoms with Crippen LogP contribution >= 0.6 is 11.8 Å². The molecule has 3 rings (SSSR count). The molecule has 2 aliphatic carbocycles. The predicted molar refractivity (Wildman–Crippen MR) is 68.9 cm³/mol. The fourth-order valence-electron chi connectivity index (χ4n) is 3.21. The van der Waals surface area contributed by atoms with Gasteiger partial charge in [0, 0.05) is 12.3 Å². The van der Waals surface area contributed by atoms with Gasteiger partial charge in [-0.1, -0.05) is 6.42 Å². The lowest BCUT2D eigenvalue weighted by Gasteiger charge is -2.43. The van der Waals surface area contributed by atoms with Crippen LogP contribution in [0.4, 0.5) is 0 Å². The number of carbonyl (C=O) groups excluding carboxylic acids is 1. The Balaban J connectivity index is 1.55. The van der Waals surface area contributed by atoms with E-state index in [4.69, 9.17) is 0 Å². The molecule has 1 aliphatic heterocycles. The van der Waals surface area contributed by atoms with Gasteiger partial charge in [0.1, 0.15) is 0 Å². The van der Waals surface area contributed by atoms with Crippen LogP contribution in [-0.4, -0.2) is 34.7 Å². The van der Waals surface area contributed by atoms with E-state index in [1.807, 2.05) is 0 Å². The van der Waals surface area contributed by atoms with Crippen LogP contribution in [0.25, 0.3) is 0 Å². The number of hydrogen-bond donors (Lipinski definition) is 2. The summed E-state index contributed by atoms with van der Waals surface area (Å²) in [5.41, 5.74) is -0.684. The number of aliphatic hydroxyl groups is 1. The van der Waals surface area contributed by atoms with Crippen LogP contribution in [0.3, 0.4) is 0 Å². The van der Waals surface area contributed by atoms with Crippen molar-refractivity contribution in [2.24, 2.45) is 11.3 Å². The van der Waals surface area contributed by atoms with E-state index in [0.29, 0.717) is 17.6 Å². The van der Waals surface area contributed by atoms with Crippen molar-refractivity contribution in [2.45, 2.75) is 44.1 Å². The molecule has 2 N–H and O–H groups in total. The van der Waals surface area contributed by atoms with Gasteiger partial charge in [-0.3, -0.25) is 4.79 Å². The fraction of sp³-hybridized carbons (Fsp3) is 0.923. The highest BCUT2D eigenvalue weighted by Gasteiger charge is 2.49. The summed E-state index contributed by atoms with van der Waals surface area (Å²) in [5, 5.41) is 13.2. The molecule has 3 fully saturated rings. The van der Waals surface area contributed by atoms with Gasteiger partial charge in [0.2, 0.25) is 0 Å². The first kappa shape index (κ1) is 11.8. The number of carbonyl (C=O) groups is 1. The van der Waals surface area contributed by atoms with Crippen molar-refractivity contribution in [1.82, 2.24) is 5.32 Å². The minimum atomic E-state index is -1.08. The summed E-state index contributed by atoms with van der Waals surface area (Å²) in [6.45, 7) is 0.795. The van der Waals surface area contributed by atoms with Gasteiger partial charge >= 0.3 is 0 Å². The van der Waals surface area contributed by atoms with Gasteiger partial charge < -0.3 is 10.4 Å². The molecule has 96 valence electrons. The summed E-state index contributed by atoms with van der Waals surface area (Å²) in [6, 6.07) is 0. The minimum absolute atomic E-state index is 0.130. The average molecular weight is 255 g/mol. The number of nitrogens with one attached hydrogen (secondary N) is 1. The molecule has 0 radical (unpaired) electrons. The van der Waals surface area contributed by atoms with Gasteiger partial charge in [0.05, 0.1) is 0 Å². The number of hydrogen-bond acceptors (Lipinski definition) is 3. The number of amides is 1. The Labute approximate surface area is 107 Å². The van der Waals surface area contributed by atoms with E-state index in [-0.39, 0.29) is 5.91 Å². The second-order valence-corrected chi connectivity index (χ2v) is 7.11. The highest BCUT2D eigenvalue weighted by atomic mass is 32.2. The van der Waals surface area contributed by atoms with E-state index in [0.717, 1.165) is 18.2 Å². The van der Waals surface area contributed by atoms with E-state index in [1.165, 1.54) is 32.1 Å². The average Bonchev–Trinajstić information content (AvgIpc) is 3.00. The third-order valence-corrected chi connectivity index (χ3v) is 5.99. The number of rotatable bonds is 4. The molecule has 17 heavy (non-hydrogen) atoms. The molecule has 4 heteroatoms. The zero-order chi connectivity index (χ0) is 11.9. The Morgan fingerprint density at radius 1 is 1.35 bits per heavy atom. The van der Waals surface area contributed by atoms with Gasteiger partial charge in [-0.15, -0.1) is 0 Å². The van der Waals surface area contributed by atoms with Crippen LogP contribution < -0.4 is 5.32 Å². The smallest absolute Gasteiger partial charge is 0.252 e. The van der Waals surface area contributed by atoms with Crippen LogP contribution in [0.15, 0.2) is 0 Å². The molecule has 3 aliphatic rings. The zero-order valence-corrected chi connectivity index (χ0v) is 11.0. The van der Waals surface area contributed by atoms with Crippen LogP contribution in [0.2, 0.25) is 0 Å². The molecular weight excluding hydrogens is 234 g/mol. The molecule has 0 aromatic carbocycles. The van der Waals surface area contributed by atoms with Gasteiger partial charge in [-0.2, -0.15) is 11.8 Å². The summed E-state index contributed by atoms with van der Waals surface area (Å²) in [7, 11) is 0. The quantitative estimate of drug-likeness (QED) is 0.801. The summed E-state index contributed by atoms with van der Waals surface area (Å²) in [6.07, 6.45) is 7.15. The molecule has 1 atom stereocenters. The monoisotopic (exact) mass is 255 g/mol. The van der Waals surface area contributed by atoms with Gasteiger partial charge in [-0.05, 0) is 49.2 Å². The lowest BCUT2D eigenvalue weighted by atomic mass is 9.65. The first-order valence-corrected chi connectivity index (χ1v) is 7.89. The SMILES string of the molecule is O=C(NCC1(C2CC2)CCC1)C1(O)CCSC1. The molecule has 3 nitrogen and oxygen atoms in total. The van der Waals surface area contributed by atoms with Crippen molar-refractivity contribution in [3.8, 4) is 0 Å². The second-order valence-electron chi connectivity index (χ2n) is 6.01. The Bertz CT molecular complexity index is 317. The standard InChI is InChI=1S/C13H21NO2S/c15-11(13(16)6-7-17-9-13)14-8-12(4-1-5-12)10-2-3-10/h10,16H,1-9H2,(H,14,15). The molecule has 1 heterocycles. The molecule has 1 amide bonds. The molecule has 1 saturated heterocycles. The van der Waals surface area contributed by atoms with Crippen molar-refractivity contribution in [1.29, 1.82) is 0 Å². The Morgan fingerprint density at radius 2 is 2.12 bits per heavy atom. The van der Waals surface area contributed by atoms with E-state index >= 15 is 0 Å². The number of thioether (sulfide) groups is 1. The lowest BCUT2D eigenvalue weighted by Crippen LogP contribution is -2.51. The third-order valence-electron chi connectivity index (χ3n) is 4.82. The lowest BCUT2D eigenvalue weighted by molar-refractivity contribution is -0.138. The molecular formula is C13H21NO2S. The second kappa shape index (κ2) is 4.16. The molecule has 0 aromatic rings. The first-order chi connectivity index (χ1) is 8.15. The summed E-state index contributed by atoms with van der Waals surface area (Å²) in [5.74, 6) is 2.19. The van der Waals surface area contributed by atoms with Crippen molar-refractivity contribution < 1.29 is 9.90 Å². The molecule has 1 unspecified atom stereocenters. The van der Waals surface area contributed by atoms with E-state index in [2.05, 4.69) is 5.32 Å². The van der Waals surface area contributed by atoms with Crippen molar-refractivity contribution in [3.05, 3.63) is 0 Å². The Hall–Kier alpha value is -0.220. The largest absolute Gasteiger partial charge is 0.379 e. The van der Waals surface area contributed by atoms with Crippen molar-refractivity contribution >= 4 is 17.7 Å². The van der Waals surface area contributed by atoms with Crippen LogP contribution in [0.5, 0.6) is 0 Å². The zero-order valence-electron chi connectivity index (χ0n) is 10.2. The minimum Gasteiger partial charge on any atom is -0.379 e. The summed E-state index contributed by atoms with van der Waals surface area (Å²) >= 11 is 1.67. The van der Waals surface area contributed by atoms with E-state index < -0.39 is 5.60 Å². The van der Waals surface area contributed by atoms with Gasteiger partial charge in [0.25, 0.3) is 5.91 Å². The normalized spacial score (nSPS) is 35.4. The summed E-state index contributed by atoms with van der Waals surface area (Å²) in [4.78, 5) is 12.0. The van der Waals surface area contributed by atoms with Crippen LogP contribution in [0.1, 0.15) is 38.5 Å². The Morgan fingerprint density at radius 3 is 2.59 bits per heavy atom. The molecule has 2 saturated carbocycles. The maximum atomic E-state index is 12.0. The highest BCUT2D eigenvalue weighted by molar-refractivity contribution is 7.99. The van der Waals surface area contributed by atoms with Crippen LogP contribution in [0, 0.1) is 11.3 Å². The molecule has 0 spiro atoms. The summed E-state index contributed by atoms with van der Waals surface area (Å²) < 4.78 is 0. The third kappa shape index (κ3) is 2.10. The first-order valence-electron chi connectivity index (χ1n) is 6.73. The topological polar surface area (TPSA) is 49.3 Å². The fourth-order valence-corrected chi connectivity index (χ4v) is 4.45. The highest BCUT2D eigenvalue weighted by Crippen LogP contribution is 2.56. The van der Waals surface area contributed by atoms with Gasteiger partial charge in [-0.25, -0.2) is 0 Å². The van der Waals surface area contributed by atoms with Crippen molar-refractivity contribution in [2.75, 3.05) is 18.1 Å². The van der Waals surface area contributed by atoms with Crippen LogP contribution in [-0.2, 0) is 4.79 Å². The molecule has 0 bridgehead atoms. The maximum absolute atomic E-state index is 12.0. The Kier molecular flexibility index (Phi) is 2.90. The molecule has 0 aromatic heterocycles. The van der Waals surface area contributed by atoms with Gasteiger partial charge in [0.15, 0.2) is 5.60 Å². The van der Waals surface area contributed by atoms with E-state index in [1.54, 1.807) is 11.8 Å². The predicted octanol–water partition coefficient (Wildman–Crippen LogP) is 1.55. The maximum Gasteiger partial charge on any atom is 0.252 e. The van der Waals surface area contributed by atoms with E-state index in [9.17, 15) is 9.90 Å².